The van der Waals surface area contributed by atoms with E-state index >= 15 is 0 Å². The van der Waals surface area contributed by atoms with Gasteiger partial charge in [-0.1, -0.05) is 12.1 Å². The fourth-order valence-corrected chi connectivity index (χ4v) is 5.27. The number of rotatable bonds is 12. The van der Waals surface area contributed by atoms with E-state index in [0.29, 0.717) is 35.1 Å². The van der Waals surface area contributed by atoms with Gasteiger partial charge in [0, 0.05) is 36.9 Å². The number of nitrogens with one attached hydrogen (secondary N) is 1. The summed E-state index contributed by atoms with van der Waals surface area (Å²) in [5.41, 5.74) is 1.67. The van der Waals surface area contributed by atoms with Crippen LogP contribution in [0.2, 0.25) is 0 Å². The predicted molar refractivity (Wildman–Crippen MR) is 142 cm³/mol. The summed E-state index contributed by atoms with van der Waals surface area (Å²) in [6, 6.07) is 8.14. The Morgan fingerprint density at radius 1 is 1.23 bits per heavy atom. The second-order valence-corrected chi connectivity index (χ2v) is 9.61. The van der Waals surface area contributed by atoms with E-state index in [1.54, 1.807) is 18.2 Å². The molecular weight excluding hydrogens is 523 g/mol. The molecule has 214 valence electrons. The topological polar surface area (TPSA) is 135 Å². The molecule has 0 saturated heterocycles. The quantitative estimate of drug-likeness (QED) is 0.334. The van der Waals surface area contributed by atoms with Crippen LogP contribution in [0.5, 0.6) is 11.5 Å². The molecule has 0 spiro atoms. The molecule has 0 fully saturated rings. The fraction of sp³-hybridized carbons (Fsp3) is 0.414. The van der Waals surface area contributed by atoms with Crippen molar-refractivity contribution < 1.29 is 43.2 Å². The zero-order valence-corrected chi connectivity index (χ0v) is 22.3. The highest BCUT2D eigenvalue weighted by molar-refractivity contribution is 5.96. The number of amides is 2. The molecule has 2 aliphatic rings. The maximum atomic E-state index is 13.8. The lowest BCUT2D eigenvalue weighted by Gasteiger charge is -2.40. The van der Waals surface area contributed by atoms with Crippen LogP contribution < -0.4 is 14.8 Å². The highest BCUT2D eigenvalue weighted by Crippen LogP contribution is 2.51. The molecule has 11 heteroatoms. The summed E-state index contributed by atoms with van der Waals surface area (Å²) in [6.45, 7) is -0.0308. The number of carbonyl (C=O) groups excluding carboxylic acids is 3. The SMILES string of the molecule is COCCC(=O)N(CCc1cccc(F)c1)[C@@H]1C=C(C(=O)NCCO)[C@@H]2c3cc(C=O)cc(OC)c3O[C@@H]2[C@H]1O. The Balaban J connectivity index is 1.76. The number of hydrogen-bond acceptors (Lipinski definition) is 8. The van der Waals surface area contributed by atoms with Crippen molar-refractivity contribution in [2.45, 2.75) is 37.0 Å². The van der Waals surface area contributed by atoms with Gasteiger partial charge in [0.1, 0.15) is 24.3 Å². The summed E-state index contributed by atoms with van der Waals surface area (Å²) in [5.74, 6) is -1.45. The standard InChI is InChI=1S/C29H33FN2O8/c1-38-11-7-24(35)32(9-6-17-4-3-5-19(30)12-17)22-15-21(29(37)31-8-10-33)25-20-13-18(16-34)14-23(39-2)27(20)40-28(25)26(22)36/h3-5,12-16,22,25-26,28,33,36H,6-11H2,1-2H3,(H,31,37)/t22-,25+,26+,28+/m1/s1. The van der Waals surface area contributed by atoms with E-state index in [2.05, 4.69) is 5.32 Å². The number of hydrogen-bond donors (Lipinski definition) is 3. The van der Waals surface area contributed by atoms with Crippen molar-refractivity contribution in [3.05, 3.63) is 70.6 Å². The van der Waals surface area contributed by atoms with Gasteiger partial charge in [0.05, 0.1) is 38.7 Å². The second-order valence-electron chi connectivity index (χ2n) is 9.61. The molecule has 0 bridgehead atoms. The third kappa shape index (κ3) is 6.01. The molecule has 1 aliphatic heterocycles. The van der Waals surface area contributed by atoms with Crippen LogP contribution in [0.15, 0.2) is 48.0 Å². The largest absolute Gasteiger partial charge is 0.493 e. The van der Waals surface area contributed by atoms with E-state index < -0.39 is 35.9 Å². The molecule has 1 heterocycles. The first-order valence-electron chi connectivity index (χ1n) is 13.0. The Bertz CT molecular complexity index is 1280. The van der Waals surface area contributed by atoms with Crippen LogP contribution in [-0.4, -0.2) is 92.0 Å². The Morgan fingerprint density at radius 2 is 2.02 bits per heavy atom. The van der Waals surface area contributed by atoms with Crippen LogP contribution >= 0.6 is 0 Å². The first-order chi connectivity index (χ1) is 19.3. The average molecular weight is 557 g/mol. The lowest BCUT2D eigenvalue weighted by atomic mass is 9.77. The summed E-state index contributed by atoms with van der Waals surface area (Å²) in [7, 11) is 2.89. The zero-order chi connectivity index (χ0) is 28.8. The van der Waals surface area contributed by atoms with Gasteiger partial charge in [0.2, 0.25) is 11.8 Å². The molecule has 0 aromatic heterocycles. The molecule has 4 rings (SSSR count). The predicted octanol–water partition coefficient (Wildman–Crippen LogP) is 1.38. The molecule has 2 aromatic rings. The highest BCUT2D eigenvalue weighted by Gasteiger charge is 2.51. The monoisotopic (exact) mass is 556 g/mol. The number of fused-ring (bicyclic) bond motifs is 3. The van der Waals surface area contributed by atoms with E-state index in [1.807, 2.05) is 0 Å². The Kier molecular flexibility index (Phi) is 9.51. The van der Waals surface area contributed by atoms with E-state index in [0.717, 1.165) is 0 Å². The van der Waals surface area contributed by atoms with Crippen LogP contribution in [0, 0.1) is 5.82 Å². The van der Waals surface area contributed by atoms with Gasteiger partial charge in [-0.05, 0) is 42.3 Å². The minimum Gasteiger partial charge on any atom is -0.493 e. The number of halogens is 1. The van der Waals surface area contributed by atoms with Crippen molar-refractivity contribution in [3.8, 4) is 11.5 Å². The molecule has 1 aliphatic carbocycles. The van der Waals surface area contributed by atoms with Crippen LogP contribution in [-0.2, 0) is 20.7 Å². The summed E-state index contributed by atoms with van der Waals surface area (Å²) >= 11 is 0. The zero-order valence-electron chi connectivity index (χ0n) is 22.3. The van der Waals surface area contributed by atoms with Crippen molar-refractivity contribution in [1.29, 1.82) is 0 Å². The van der Waals surface area contributed by atoms with Crippen molar-refractivity contribution >= 4 is 18.1 Å². The van der Waals surface area contributed by atoms with Crippen LogP contribution in [0.3, 0.4) is 0 Å². The normalized spacial score (nSPS) is 21.0. The van der Waals surface area contributed by atoms with E-state index in [1.165, 1.54) is 43.4 Å². The first-order valence-corrected chi connectivity index (χ1v) is 13.0. The summed E-state index contributed by atoms with van der Waals surface area (Å²) in [5, 5.41) is 23.6. The van der Waals surface area contributed by atoms with Crippen LogP contribution in [0.4, 0.5) is 4.39 Å². The maximum Gasteiger partial charge on any atom is 0.247 e. The van der Waals surface area contributed by atoms with E-state index in [4.69, 9.17) is 14.2 Å². The van der Waals surface area contributed by atoms with Crippen molar-refractivity contribution in [3.63, 3.8) is 0 Å². The summed E-state index contributed by atoms with van der Waals surface area (Å²) in [6.07, 6.45) is 0.251. The summed E-state index contributed by atoms with van der Waals surface area (Å²) < 4.78 is 30.5. The van der Waals surface area contributed by atoms with Crippen LogP contribution in [0.25, 0.3) is 0 Å². The van der Waals surface area contributed by atoms with Crippen LogP contribution in [0.1, 0.15) is 33.8 Å². The fourth-order valence-electron chi connectivity index (χ4n) is 5.27. The number of carbonyl (C=O) groups is 3. The lowest BCUT2D eigenvalue weighted by Crippen LogP contribution is -2.56. The number of aliphatic hydroxyl groups excluding tert-OH is 2. The van der Waals surface area contributed by atoms with Gasteiger partial charge in [-0.2, -0.15) is 0 Å². The molecule has 4 atom stereocenters. The Morgan fingerprint density at radius 3 is 2.70 bits per heavy atom. The number of methoxy groups -OCH3 is 2. The molecular formula is C29H33FN2O8. The molecule has 3 N–H and O–H groups in total. The average Bonchev–Trinajstić information content (AvgIpc) is 3.35. The minimum absolute atomic E-state index is 0.0117. The van der Waals surface area contributed by atoms with Gasteiger partial charge >= 0.3 is 0 Å². The van der Waals surface area contributed by atoms with Gasteiger partial charge in [0.25, 0.3) is 0 Å². The number of aliphatic hydroxyl groups is 2. The molecule has 0 saturated carbocycles. The number of benzene rings is 2. The van der Waals surface area contributed by atoms with Gasteiger partial charge in [-0.3, -0.25) is 14.4 Å². The lowest BCUT2D eigenvalue weighted by molar-refractivity contribution is -0.138. The molecule has 2 aromatic carbocycles. The Hall–Kier alpha value is -3.80. The molecule has 10 nitrogen and oxygen atoms in total. The molecule has 0 unspecified atom stereocenters. The minimum atomic E-state index is -1.27. The van der Waals surface area contributed by atoms with Gasteiger partial charge in [-0.15, -0.1) is 0 Å². The number of ether oxygens (including phenoxy) is 3. The van der Waals surface area contributed by atoms with Crippen molar-refractivity contribution in [2.75, 3.05) is 40.5 Å². The van der Waals surface area contributed by atoms with E-state index in [-0.39, 0.29) is 50.0 Å². The molecule has 40 heavy (non-hydrogen) atoms. The second kappa shape index (κ2) is 13.0. The Labute approximate surface area is 231 Å². The molecule has 0 radical (unpaired) electrons. The number of nitrogens with zero attached hydrogens (tertiary/aromatic N) is 1. The van der Waals surface area contributed by atoms with Gasteiger partial charge in [0.15, 0.2) is 11.5 Å². The van der Waals surface area contributed by atoms with Gasteiger partial charge in [-0.25, -0.2) is 4.39 Å². The smallest absolute Gasteiger partial charge is 0.247 e. The van der Waals surface area contributed by atoms with Gasteiger partial charge < -0.3 is 34.6 Å². The third-order valence-electron chi connectivity index (χ3n) is 7.14. The number of aldehydes is 1. The first kappa shape index (κ1) is 29.2. The maximum absolute atomic E-state index is 13.8. The third-order valence-corrected chi connectivity index (χ3v) is 7.14. The van der Waals surface area contributed by atoms with E-state index in [9.17, 15) is 29.0 Å². The van der Waals surface area contributed by atoms with Crippen molar-refractivity contribution in [2.24, 2.45) is 0 Å². The summed E-state index contributed by atoms with van der Waals surface area (Å²) in [4.78, 5) is 39.8. The highest BCUT2D eigenvalue weighted by atomic mass is 19.1. The van der Waals surface area contributed by atoms with Crippen molar-refractivity contribution in [1.82, 2.24) is 10.2 Å². The molecule has 2 amide bonds.